The van der Waals surface area contributed by atoms with Gasteiger partial charge in [-0.1, -0.05) is 0 Å². The summed E-state index contributed by atoms with van der Waals surface area (Å²) < 4.78 is 31.5. The second-order valence-electron chi connectivity index (χ2n) is 7.79. The molecule has 0 radical (unpaired) electrons. The van der Waals surface area contributed by atoms with E-state index in [2.05, 4.69) is 5.32 Å². The number of hydrogen-bond acceptors (Lipinski definition) is 10. The Labute approximate surface area is 181 Å². The van der Waals surface area contributed by atoms with Gasteiger partial charge in [-0.3, -0.25) is 9.59 Å². The van der Waals surface area contributed by atoms with Crippen molar-refractivity contribution in [3.05, 3.63) is 12.2 Å². The summed E-state index contributed by atoms with van der Waals surface area (Å²) in [4.78, 5) is 46.7. The van der Waals surface area contributed by atoms with Crippen molar-refractivity contribution in [3.63, 3.8) is 0 Å². The minimum absolute atomic E-state index is 0.178. The molecule has 0 saturated carbocycles. The van der Waals surface area contributed by atoms with Crippen molar-refractivity contribution in [2.24, 2.45) is 0 Å². The molecule has 1 rings (SSSR count). The first kappa shape index (κ1) is 26.4. The highest BCUT2D eigenvalue weighted by Crippen LogP contribution is 2.20. The van der Waals surface area contributed by atoms with Gasteiger partial charge in [0.25, 0.3) is 0 Å². The van der Waals surface area contributed by atoms with Crippen LogP contribution in [0, 0.1) is 0 Å². The van der Waals surface area contributed by atoms with E-state index in [9.17, 15) is 19.2 Å². The molecule has 1 heterocycles. The summed E-state index contributed by atoms with van der Waals surface area (Å²) in [5.41, 5.74) is -0.764. The van der Waals surface area contributed by atoms with Gasteiger partial charge < -0.3 is 33.7 Å². The van der Waals surface area contributed by atoms with Gasteiger partial charge in [-0.05, 0) is 39.8 Å². The number of methoxy groups -OCH3 is 1. The van der Waals surface area contributed by atoms with Crippen LogP contribution in [-0.2, 0) is 42.8 Å². The lowest BCUT2D eigenvalue weighted by Crippen LogP contribution is -2.52. The number of esters is 3. The Hall–Kier alpha value is -2.66. The van der Waals surface area contributed by atoms with E-state index in [-0.39, 0.29) is 6.61 Å². The van der Waals surface area contributed by atoms with E-state index in [0.29, 0.717) is 0 Å². The molecule has 0 spiro atoms. The zero-order valence-corrected chi connectivity index (χ0v) is 18.8. The summed E-state index contributed by atoms with van der Waals surface area (Å²) in [6.45, 7) is 8.89. The molecule has 11 heteroatoms. The van der Waals surface area contributed by atoms with Crippen LogP contribution in [0.1, 0.15) is 41.5 Å². The average Bonchev–Trinajstić information content (AvgIpc) is 2.63. The average molecular weight is 445 g/mol. The zero-order valence-electron chi connectivity index (χ0n) is 18.8. The number of carbonyl (C=O) groups is 4. The topological polar surface area (TPSA) is 136 Å². The van der Waals surface area contributed by atoms with E-state index in [4.69, 9.17) is 28.4 Å². The molecule has 11 nitrogen and oxygen atoms in total. The Kier molecular flexibility index (Phi) is 9.92. The van der Waals surface area contributed by atoms with Crippen molar-refractivity contribution in [2.75, 3.05) is 13.7 Å². The van der Waals surface area contributed by atoms with Crippen LogP contribution in [0.5, 0.6) is 0 Å². The quantitative estimate of drug-likeness (QED) is 0.330. The molecule has 0 aliphatic carbocycles. The number of hydrogen-bond donors (Lipinski definition) is 1. The first-order valence-corrected chi connectivity index (χ1v) is 9.69. The molecule has 0 aromatic carbocycles. The Bertz CT molecular complexity index is 684. The molecule has 1 aliphatic heterocycles. The SMILES string of the molecule is COC(=O)[C@@H](NC(=O)OC(C)(C)C)[C@@H](C)O[C@@H]1C=C[C@H](OC(C)=O)[C@@H](COC(C)=O)O1. The van der Waals surface area contributed by atoms with Crippen LogP contribution in [0.2, 0.25) is 0 Å². The normalized spacial score (nSPS) is 22.6. The Balaban J connectivity index is 2.87. The van der Waals surface area contributed by atoms with Crippen molar-refractivity contribution < 1.29 is 47.6 Å². The smallest absolute Gasteiger partial charge is 0.408 e. The van der Waals surface area contributed by atoms with Crippen LogP contribution in [-0.4, -0.2) is 74.0 Å². The molecule has 0 aromatic rings. The van der Waals surface area contributed by atoms with E-state index in [0.717, 1.165) is 0 Å². The van der Waals surface area contributed by atoms with Crippen molar-refractivity contribution in [1.29, 1.82) is 0 Å². The van der Waals surface area contributed by atoms with E-state index < -0.39 is 60.2 Å². The highest BCUT2D eigenvalue weighted by atomic mass is 16.7. The maximum Gasteiger partial charge on any atom is 0.408 e. The van der Waals surface area contributed by atoms with Crippen molar-refractivity contribution in [2.45, 2.75) is 77.8 Å². The molecule has 1 aliphatic rings. The van der Waals surface area contributed by atoms with Gasteiger partial charge in [-0.2, -0.15) is 0 Å². The summed E-state index contributed by atoms with van der Waals surface area (Å²) in [6.07, 6.45) is -1.29. The molecular weight excluding hydrogens is 414 g/mol. The van der Waals surface area contributed by atoms with Crippen molar-refractivity contribution >= 4 is 24.0 Å². The fourth-order valence-electron chi connectivity index (χ4n) is 2.56. The first-order valence-electron chi connectivity index (χ1n) is 9.69. The van der Waals surface area contributed by atoms with Gasteiger partial charge in [0, 0.05) is 13.8 Å². The molecule has 1 N–H and O–H groups in total. The van der Waals surface area contributed by atoms with Crippen molar-refractivity contribution in [3.8, 4) is 0 Å². The highest BCUT2D eigenvalue weighted by molar-refractivity contribution is 5.82. The molecule has 0 bridgehead atoms. The Morgan fingerprint density at radius 1 is 1.10 bits per heavy atom. The number of carbonyl (C=O) groups excluding carboxylic acids is 4. The summed E-state index contributed by atoms with van der Waals surface area (Å²) >= 11 is 0. The van der Waals surface area contributed by atoms with Gasteiger partial charge in [0.15, 0.2) is 12.3 Å². The second kappa shape index (κ2) is 11.7. The monoisotopic (exact) mass is 445 g/mol. The lowest BCUT2D eigenvalue weighted by Gasteiger charge is -2.33. The number of rotatable bonds is 8. The lowest BCUT2D eigenvalue weighted by atomic mass is 10.1. The number of alkyl carbamates (subject to hydrolysis) is 1. The van der Waals surface area contributed by atoms with Crippen LogP contribution in [0.4, 0.5) is 4.79 Å². The minimum Gasteiger partial charge on any atom is -0.467 e. The second-order valence-corrected chi connectivity index (χ2v) is 7.79. The Morgan fingerprint density at radius 2 is 1.74 bits per heavy atom. The minimum atomic E-state index is -1.19. The summed E-state index contributed by atoms with van der Waals surface area (Å²) in [6, 6.07) is -1.19. The maximum atomic E-state index is 12.2. The van der Waals surface area contributed by atoms with E-state index >= 15 is 0 Å². The fourth-order valence-corrected chi connectivity index (χ4v) is 2.56. The Morgan fingerprint density at radius 3 is 2.26 bits per heavy atom. The van der Waals surface area contributed by atoms with Gasteiger partial charge in [-0.15, -0.1) is 0 Å². The summed E-state index contributed by atoms with van der Waals surface area (Å²) in [7, 11) is 1.18. The van der Waals surface area contributed by atoms with Gasteiger partial charge in [0.05, 0.1) is 13.2 Å². The van der Waals surface area contributed by atoms with Crippen LogP contribution < -0.4 is 5.32 Å². The lowest BCUT2D eigenvalue weighted by molar-refractivity contribution is -0.211. The zero-order chi connectivity index (χ0) is 23.8. The standard InChI is InChI=1S/C20H31NO10/c1-11(17(18(24)26-7)21-19(25)31-20(4,5)6)28-16-9-8-14(29-13(3)23)15(30-16)10-27-12(2)22/h8-9,11,14-17H,10H2,1-7H3,(H,21,25)/t11-,14+,15-,16+,17+/m1/s1. The highest BCUT2D eigenvalue weighted by Gasteiger charge is 2.35. The van der Waals surface area contributed by atoms with Gasteiger partial charge >= 0.3 is 24.0 Å². The largest absolute Gasteiger partial charge is 0.467 e. The third kappa shape index (κ3) is 9.79. The third-order valence-electron chi connectivity index (χ3n) is 3.83. The molecule has 5 atom stereocenters. The maximum absolute atomic E-state index is 12.2. The van der Waals surface area contributed by atoms with Gasteiger partial charge in [-0.25, -0.2) is 9.59 Å². The molecule has 31 heavy (non-hydrogen) atoms. The molecule has 176 valence electrons. The molecule has 0 unspecified atom stereocenters. The number of ether oxygens (including phenoxy) is 6. The molecule has 1 amide bonds. The molecule has 0 fully saturated rings. The van der Waals surface area contributed by atoms with E-state index in [1.165, 1.54) is 40.0 Å². The van der Waals surface area contributed by atoms with Crippen LogP contribution in [0.3, 0.4) is 0 Å². The van der Waals surface area contributed by atoms with Crippen molar-refractivity contribution in [1.82, 2.24) is 5.32 Å². The predicted octanol–water partition coefficient (Wildman–Crippen LogP) is 1.23. The van der Waals surface area contributed by atoms with Gasteiger partial charge in [0.2, 0.25) is 0 Å². The van der Waals surface area contributed by atoms with Crippen LogP contribution >= 0.6 is 0 Å². The molecule has 0 aromatic heterocycles. The van der Waals surface area contributed by atoms with Crippen LogP contribution in [0.25, 0.3) is 0 Å². The third-order valence-corrected chi connectivity index (χ3v) is 3.83. The number of amides is 1. The molecular formula is C20H31NO10. The van der Waals surface area contributed by atoms with E-state index in [1.807, 2.05) is 0 Å². The molecule has 0 saturated heterocycles. The predicted molar refractivity (Wildman–Crippen MR) is 106 cm³/mol. The summed E-state index contributed by atoms with van der Waals surface area (Å²) in [5, 5.41) is 2.42. The first-order chi connectivity index (χ1) is 14.3. The van der Waals surface area contributed by atoms with E-state index in [1.54, 1.807) is 20.8 Å². The summed E-state index contributed by atoms with van der Waals surface area (Å²) in [5.74, 6) is -1.81. The number of nitrogens with one attached hydrogen (secondary N) is 1. The van der Waals surface area contributed by atoms with Gasteiger partial charge in [0.1, 0.15) is 24.4 Å². The van der Waals surface area contributed by atoms with Crippen LogP contribution in [0.15, 0.2) is 12.2 Å². The fraction of sp³-hybridized carbons (Fsp3) is 0.700.